The molecule has 3 rings (SSSR count). The van der Waals surface area contributed by atoms with Crippen LogP contribution in [0.1, 0.15) is 46.7 Å². The van der Waals surface area contributed by atoms with Crippen LogP contribution in [0, 0.1) is 12.7 Å². The van der Waals surface area contributed by atoms with Gasteiger partial charge in [-0.05, 0) is 84.8 Å². The highest BCUT2D eigenvalue weighted by Gasteiger charge is 2.17. The Morgan fingerprint density at radius 2 is 2.00 bits per heavy atom. The Morgan fingerprint density at radius 1 is 1.24 bits per heavy atom. The van der Waals surface area contributed by atoms with Gasteiger partial charge in [0.05, 0.1) is 10.5 Å². The third-order valence-corrected chi connectivity index (χ3v) is 6.11. The zero-order valence-corrected chi connectivity index (χ0v) is 14.7. The molecule has 4 heteroatoms. The van der Waals surface area contributed by atoms with Gasteiger partial charge >= 0.3 is 0 Å². The molecular formula is C17H19BrFNS. The van der Waals surface area contributed by atoms with Gasteiger partial charge in [0, 0.05) is 15.4 Å². The summed E-state index contributed by atoms with van der Waals surface area (Å²) in [7, 11) is 0. The molecule has 1 aromatic carbocycles. The lowest BCUT2D eigenvalue weighted by Gasteiger charge is -2.16. The van der Waals surface area contributed by atoms with E-state index in [0.717, 1.165) is 11.3 Å². The molecule has 1 nitrogen and oxygen atoms in total. The van der Waals surface area contributed by atoms with E-state index in [1.807, 2.05) is 24.3 Å². The molecule has 1 unspecified atom stereocenters. The first-order valence-electron chi connectivity index (χ1n) is 7.38. The van der Waals surface area contributed by atoms with Crippen LogP contribution in [0.15, 0.2) is 22.7 Å². The number of halogens is 2. The molecule has 1 heterocycles. The minimum atomic E-state index is -0.222. The standard InChI is InChI=1S/C17H19BrFNS/c1-10-7-13(18)14(19)9-15(10)20-11(2)17-8-12-5-3-4-6-16(12)21-17/h7-9,11,20H,3-6H2,1-2H3. The van der Waals surface area contributed by atoms with Crippen molar-refractivity contribution >= 4 is 33.0 Å². The molecule has 0 saturated heterocycles. The summed E-state index contributed by atoms with van der Waals surface area (Å²) in [4.78, 5) is 2.90. The molecular weight excluding hydrogens is 349 g/mol. The number of aryl methyl sites for hydroxylation is 3. The first-order chi connectivity index (χ1) is 10.0. The lowest BCUT2D eigenvalue weighted by atomic mass is 9.99. The molecule has 1 aliphatic rings. The van der Waals surface area contributed by atoms with Gasteiger partial charge in [0.15, 0.2) is 0 Å². The molecule has 0 aliphatic heterocycles. The van der Waals surface area contributed by atoms with Crippen LogP contribution in [0.3, 0.4) is 0 Å². The SMILES string of the molecule is Cc1cc(Br)c(F)cc1NC(C)c1cc2c(s1)CCCC2. The van der Waals surface area contributed by atoms with Crippen molar-refractivity contribution in [2.24, 2.45) is 0 Å². The van der Waals surface area contributed by atoms with Gasteiger partial charge in [-0.3, -0.25) is 0 Å². The molecule has 0 spiro atoms. The molecule has 1 N–H and O–H groups in total. The topological polar surface area (TPSA) is 12.0 Å². The van der Waals surface area contributed by atoms with Crippen LogP contribution in [-0.4, -0.2) is 0 Å². The van der Waals surface area contributed by atoms with E-state index in [2.05, 4.69) is 34.2 Å². The van der Waals surface area contributed by atoms with Gasteiger partial charge in [-0.25, -0.2) is 4.39 Å². The molecule has 112 valence electrons. The predicted molar refractivity (Wildman–Crippen MR) is 91.8 cm³/mol. The van der Waals surface area contributed by atoms with E-state index in [1.54, 1.807) is 10.9 Å². The van der Waals surface area contributed by atoms with E-state index in [0.29, 0.717) is 4.47 Å². The number of benzene rings is 1. The zero-order valence-electron chi connectivity index (χ0n) is 12.3. The molecule has 2 aromatic rings. The van der Waals surface area contributed by atoms with Crippen molar-refractivity contribution in [2.45, 2.75) is 45.6 Å². The Bertz CT molecular complexity index is 642. The molecule has 0 bridgehead atoms. The van der Waals surface area contributed by atoms with E-state index >= 15 is 0 Å². The van der Waals surface area contributed by atoms with Crippen molar-refractivity contribution in [3.05, 3.63) is 49.4 Å². The molecule has 0 fully saturated rings. The van der Waals surface area contributed by atoms with Crippen molar-refractivity contribution in [3.63, 3.8) is 0 Å². The van der Waals surface area contributed by atoms with Gasteiger partial charge in [0.1, 0.15) is 5.82 Å². The van der Waals surface area contributed by atoms with Crippen molar-refractivity contribution in [3.8, 4) is 0 Å². The van der Waals surface area contributed by atoms with Gasteiger partial charge in [-0.15, -0.1) is 11.3 Å². The van der Waals surface area contributed by atoms with Crippen LogP contribution < -0.4 is 5.32 Å². The minimum absolute atomic E-state index is 0.208. The number of fused-ring (bicyclic) bond motifs is 1. The second-order valence-electron chi connectivity index (χ2n) is 5.75. The smallest absolute Gasteiger partial charge is 0.139 e. The van der Waals surface area contributed by atoms with Gasteiger partial charge < -0.3 is 5.32 Å². The van der Waals surface area contributed by atoms with Crippen LogP contribution in [0.2, 0.25) is 0 Å². The van der Waals surface area contributed by atoms with E-state index in [9.17, 15) is 4.39 Å². The molecule has 21 heavy (non-hydrogen) atoms. The summed E-state index contributed by atoms with van der Waals surface area (Å²) >= 11 is 5.14. The third-order valence-electron chi connectivity index (χ3n) is 4.08. The fraction of sp³-hybridized carbons (Fsp3) is 0.412. The summed E-state index contributed by atoms with van der Waals surface area (Å²) in [5, 5.41) is 3.45. The summed E-state index contributed by atoms with van der Waals surface area (Å²) in [5.74, 6) is -0.222. The fourth-order valence-corrected chi connectivity index (χ4v) is 4.55. The Morgan fingerprint density at radius 3 is 2.76 bits per heavy atom. The average Bonchev–Trinajstić information content (AvgIpc) is 2.88. The summed E-state index contributed by atoms with van der Waals surface area (Å²) in [6.07, 6.45) is 5.05. The molecule has 0 saturated carbocycles. The third kappa shape index (κ3) is 3.16. The minimum Gasteiger partial charge on any atom is -0.377 e. The largest absolute Gasteiger partial charge is 0.377 e. The van der Waals surface area contributed by atoms with Crippen LogP contribution in [0.4, 0.5) is 10.1 Å². The lowest BCUT2D eigenvalue weighted by Crippen LogP contribution is -2.06. The van der Waals surface area contributed by atoms with Crippen LogP contribution >= 0.6 is 27.3 Å². The van der Waals surface area contributed by atoms with Crippen molar-refractivity contribution in [2.75, 3.05) is 5.32 Å². The second-order valence-corrected chi connectivity index (χ2v) is 7.77. The Hall–Kier alpha value is -0.870. The molecule has 1 aliphatic carbocycles. The summed E-state index contributed by atoms with van der Waals surface area (Å²) in [6.45, 7) is 4.15. The van der Waals surface area contributed by atoms with Crippen molar-refractivity contribution in [1.29, 1.82) is 0 Å². The molecule has 0 amide bonds. The lowest BCUT2D eigenvalue weighted by molar-refractivity contribution is 0.620. The highest BCUT2D eigenvalue weighted by molar-refractivity contribution is 9.10. The van der Waals surface area contributed by atoms with E-state index in [4.69, 9.17) is 0 Å². The van der Waals surface area contributed by atoms with Gasteiger partial charge in [0.25, 0.3) is 0 Å². The number of nitrogens with one attached hydrogen (secondary N) is 1. The predicted octanol–water partition coefficient (Wildman–Crippen LogP) is 6.01. The maximum absolute atomic E-state index is 13.7. The Labute approximate surface area is 137 Å². The zero-order chi connectivity index (χ0) is 15.0. The quantitative estimate of drug-likeness (QED) is 0.700. The van der Waals surface area contributed by atoms with Crippen LogP contribution in [0.25, 0.3) is 0 Å². The highest BCUT2D eigenvalue weighted by atomic mass is 79.9. The Kier molecular flexibility index (Phi) is 4.36. The number of thiophene rings is 1. The maximum atomic E-state index is 13.7. The van der Waals surface area contributed by atoms with Gasteiger partial charge in [0.2, 0.25) is 0 Å². The molecule has 1 aromatic heterocycles. The molecule has 1 atom stereocenters. The fourth-order valence-electron chi connectivity index (χ4n) is 2.83. The summed E-state index contributed by atoms with van der Waals surface area (Å²) in [6, 6.07) is 5.94. The van der Waals surface area contributed by atoms with E-state index in [1.165, 1.54) is 36.1 Å². The number of hydrogen-bond acceptors (Lipinski definition) is 2. The highest BCUT2D eigenvalue weighted by Crippen LogP contribution is 2.35. The maximum Gasteiger partial charge on any atom is 0.139 e. The van der Waals surface area contributed by atoms with Crippen LogP contribution in [0.5, 0.6) is 0 Å². The number of rotatable bonds is 3. The monoisotopic (exact) mass is 367 g/mol. The van der Waals surface area contributed by atoms with Crippen molar-refractivity contribution < 1.29 is 4.39 Å². The second kappa shape index (κ2) is 6.09. The van der Waals surface area contributed by atoms with Gasteiger partial charge in [-0.1, -0.05) is 0 Å². The van der Waals surface area contributed by atoms with Crippen molar-refractivity contribution in [1.82, 2.24) is 0 Å². The van der Waals surface area contributed by atoms with E-state index < -0.39 is 0 Å². The number of hydrogen-bond donors (Lipinski definition) is 1. The molecule has 0 radical (unpaired) electrons. The number of anilines is 1. The first kappa shape index (κ1) is 15.0. The summed E-state index contributed by atoms with van der Waals surface area (Å²) in [5.41, 5.74) is 3.44. The normalized spacial score (nSPS) is 15.6. The summed E-state index contributed by atoms with van der Waals surface area (Å²) < 4.78 is 14.2. The average molecular weight is 368 g/mol. The van der Waals surface area contributed by atoms with E-state index in [-0.39, 0.29) is 11.9 Å². The first-order valence-corrected chi connectivity index (χ1v) is 8.99. The van der Waals surface area contributed by atoms with Gasteiger partial charge in [-0.2, -0.15) is 0 Å². The van der Waals surface area contributed by atoms with Crippen LogP contribution in [-0.2, 0) is 12.8 Å². The Balaban J connectivity index is 1.81.